The van der Waals surface area contributed by atoms with E-state index in [-0.39, 0.29) is 17.6 Å². The van der Waals surface area contributed by atoms with Gasteiger partial charge in [-0.15, -0.1) is 11.6 Å². The number of benzene rings is 1. The maximum absolute atomic E-state index is 14.2. The third kappa shape index (κ3) is 2.31. The molecule has 0 bridgehead atoms. The second kappa shape index (κ2) is 4.84. The van der Waals surface area contributed by atoms with Crippen LogP contribution in [-0.2, 0) is 9.61 Å². The molecule has 2 aromatic rings. The van der Waals surface area contributed by atoms with E-state index >= 15 is 0 Å². The van der Waals surface area contributed by atoms with Gasteiger partial charge < -0.3 is 9.72 Å². The number of nitrogens with one attached hydrogen (secondary N) is 1. The van der Waals surface area contributed by atoms with Crippen LogP contribution in [0.1, 0.15) is 35.7 Å². The lowest BCUT2D eigenvalue weighted by Gasteiger charge is -2.10. The molecule has 1 heterocycles. The van der Waals surface area contributed by atoms with Crippen LogP contribution in [-0.4, -0.2) is 17.6 Å². The summed E-state index contributed by atoms with van der Waals surface area (Å²) in [7, 11) is 0. The second-order valence-corrected chi connectivity index (χ2v) is 5.82. The Kier molecular flexibility index (Phi) is 3.24. The normalized spacial score (nSPS) is 16.0. The Bertz CT molecular complexity index is 795. The monoisotopic (exact) mass is 309 g/mol. The number of esters is 1. The predicted octanol–water partition coefficient (Wildman–Crippen LogP) is 3.07. The highest BCUT2D eigenvalue weighted by molar-refractivity contribution is 6.26. The van der Waals surface area contributed by atoms with Crippen LogP contribution >= 0.6 is 11.6 Å². The summed E-state index contributed by atoms with van der Waals surface area (Å²) < 4.78 is 19.0. The van der Waals surface area contributed by atoms with Gasteiger partial charge in [-0.05, 0) is 31.9 Å². The van der Waals surface area contributed by atoms with Crippen LogP contribution < -0.4 is 5.43 Å². The lowest BCUT2D eigenvalue weighted by Crippen LogP contribution is -2.18. The molecule has 110 valence electrons. The van der Waals surface area contributed by atoms with Gasteiger partial charge in [-0.25, -0.2) is 9.18 Å². The molecule has 1 aromatic heterocycles. The van der Waals surface area contributed by atoms with Crippen molar-refractivity contribution in [3.8, 4) is 0 Å². The number of hydrogen-bond acceptors (Lipinski definition) is 3. The summed E-state index contributed by atoms with van der Waals surface area (Å²) in [6, 6.07) is 2.68. The fourth-order valence-corrected chi connectivity index (χ4v) is 2.56. The van der Waals surface area contributed by atoms with Crippen molar-refractivity contribution in [1.29, 1.82) is 0 Å². The van der Waals surface area contributed by atoms with Crippen LogP contribution in [0.3, 0.4) is 0 Å². The Morgan fingerprint density at radius 3 is 2.81 bits per heavy atom. The smallest absolute Gasteiger partial charge is 0.343 e. The summed E-state index contributed by atoms with van der Waals surface area (Å²) in [5, 5.41) is 0.114. The summed E-state index contributed by atoms with van der Waals surface area (Å²) in [5.74, 6) is -1.25. The first-order chi connectivity index (χ1) is 9.96. The van der Waals surface area contributed by atoms with Gasteiger partial charge in [0.05, 0.1) is 11.5 Å². The molecule has 6 heteroatoms. The molecule has 0 saturated heterocycles. The van der Waals surface area contributed by atoms with E-state index in [9.17, 15) is 14.0 Å². The lowest BCUT2D eigenvalue weighted by atomic mass is 10.0. The average Bonchev–Trinajstić information content (AvgIpc) is 3.18. The Hall–Kier alpha value is -1.88. The molecule has 0 amide bonds. The summed E-state index contributed by atoms with van der Waals surface area (Å²) in [5.41, 5.74) is 0.156. The van der Waals surface area contributed by atoms with Crippen molar-refractivity contribution in [2.75, 3.05) is 6.61 Å². The van der Waals surface area contributed by atoms with E-state index in [0.717, 1.165) is 6.07 Å². The van der Waals surface area contributed by atoms with Gasteiger partial charge in [0, 0.05) is 22.7 Å². The topological polar surface area (TPSA) is 59.2 Å². The fourth-order valence-electron chi connectivity index (χ4n) is 2.32. The molecular formula is C15H13ClFNO3. The predicted molar refractivity (Wildman–Crippen MR) is 77.2 cm³/mol. The van der Waals surface area contributed by atoms with E-state index < -0.39 is 22.1 Å². The zero-order valence-corrected chi connectivity index (χ0v) is 12.1. The van der Waals surface area contributed by atoms with Crippen LogP contribution in [0.25, 0.3) is 10.9 Å². The van der Waals surface area contributed by atoms with Gasteiger partial charge in [-0.2, -0.15) is 0 Å². The third-order valence-electron chi connectivity index (χ3n) is 3.64. The van der Waals surface area contributed by atoms with Gasteiger partial charge in [-0.1, -0.05) is 0 Å². The van der Waals surface area contributed by atoms with E-state index in [0.29, 0.717) is 23.9 Å². The number of pyridine rings is 1. The van der Waals surface area contributed by atoms with E-state index in [1.54, 1.807) is 13.0 Å². The maximum Gasteiger partial charge on any atom is 0.343 e. The van der Waals surface area contributed by atoms with Gasteiger partial charge in [-0.3, -0.25) is 4.79 Å². The first kappa shape index (κ1) is 14.1. The second-order valence-electron chi connectivity index (χ2n) is 5.09. The summed E-state index contributed by atoms with van der Waals surface area (Å²) in [4.78, 5) is 26.1. The van der Waals surface area contributed by atoms with Crippen molar-refractivity contribution in [1.82, 2.24) is 4.98 Å². The quantitative estimate of drug-likeness (QED) is 0.700. The number of carbonyl (C=O) groups is 1. The minimum atomic E-state index is -0.721. The Balaban J connectivity index is 2.17. The van der Waals surface area contributed by atoms with Crippen molar-refractivity contribution in [3.63, 3.8) is 0 Å². The zero-order valence-electron chi connectivity index (χ0n) is 11.3. The number of fused-ring (bicyclic) bond motifs is 1. The van der Waals surface area contributed by atoms with E-state index in [4.69, 9.17) is 16.3 Å². The van der Waals surface area contributed by atoms with E-state index in [2.05, 4.69) is 4.98 Å². The number of H-pyrrole nitrogens is 1. The highest BCUT2D eigenvalue weighted by atomic mass is 35.5. The standard InChI is InChI=1S/C15H13ClFNO3/c1-2-21-14(20)9-7-18-12-6-10(15(16)3-4-15)11(17)5-8(12)13(9)19/h5-7H,2-4H2,1H3,(H,18,19). The number of aromatic nitrogens is 1. The van der Waals surface area contributed by atoms with Crippen LogP contribution in [0, 0.1) is 5.82 Å². The SMILES string of the molecule is CCOC(=O)c1c[nH]c2cc(C3(Cl)CC3)c(F)cc2c1=O. The summed E-state index contributed by atoms with van der Waals surface area (Å²) in [6.45, 7) is 1.81. The van der Waals surface area contributed by atoms with E-state index in [1.165, 1.54) is 6.20 Å². The molecule has 0 unspecified atom stereocenters. The maximum atomic E-state index is 14.2. The molecule has 4 nitrogen and oxygen atoms in total. The molecule has 1 N–H and O–H groups in total. The molecular weight excluding hydrogens is 297 g/mol. The molecule has 0 spiro atoms. The van der Waals surface area contributed by atoms with Crippen LogP contribution in [0.5, 0.6) is 0 Å². The van der Waals surface area contributed by atoms with Gasteiger partial charge in [0.15, 0.2) is 0 Å². The third-order valence-corrected chi connectivity index (χ3v) is 4.22. The zero-order chi connectivity index (χ0) is 15.2. The van der Waals surface area contributed by atoms with Crippen molar-refractivity contribution >= 4 is 28.5 Å². The summed E-state index contributed by atoms with van der Waals surface area (Å²) in [6.07, 6.45) is 2.71. The minimum Gasteiger partial charge on any atom is -0.462 e. The number of hydrogen-bond donors (Lipinski definition) is 1. The van der Waals surface area contributed by atoms with Gasteiger partial charge >= 0.3 is 5.97 Å². The first-order valence-electron chi connectivity index (χ1n) is 6.68. The van der Waals surface area contributed by atoms with E-state index in [1.807, 2.05) is 0 Å². The number of aromatic amines is 1. The molecule has 1 saturated carbocycles. The minimum absolute atomic E-state index is 0.114. The van der Waals surface area contributed by atoms with Gasteiger partial charge in [0.2, 0.25) is 5.43 Å². The number of carbonyl (C=O) groups excluding carboxylic acids is 1. The molecule has 1 aliphatic rings. The Morgan fingerprint density at radius 2 is 2.19 bits per heavy atom. The van der Waals surface area contributed by atoms with Crippen molar-refractivity contribution in [2.24, 2.45) is 0 Å². The molecule has 1 fully saturated rings. The average molecular weight is 310 g/mol. The number of alkyl halides is 1. The Morgan fingerprint density at radius 1 is 1.48 bits per heavy atom. The van der Waals surface area contributed by atoms with Crippen molar-refractivity contribution in [3.05, 3.63) is 45.5 Å². The molecule has 3 rings (SSSR count). The van der Waals surface area contributed by atoms with Crippen molar-refractivity contribution in [2.45, 2.75) is 24.6 Å². The molecule has 21 heavy (non-hydrogen) atoms. The largest absolute Gasteiger partial charge is 0.462 e. The van der Waals surface area contributed by atoms with Crippen LogP contribution in [0.4, 0.5) is 4.39 Å². The summed E-state index contributed by atoms with van der Waals surface area (Å²) >= 11 is 6.23. The highest BCUT2D eigenvalue weighted by Gasteiger charge is 2.44. The van der Waals surface area contributed by atoms with Crippen molar-refractivity contribution < 1.29 is 13.9 Å². The number of ether oxygens (including phenoxy) is 1. The van der Waals surface area contributed by atoms with Gasteiger partial charge in [0.25, 0.3) is 0 Å². The number of rotatable bonds is 3. The fraction of sp³-hybridized carbons (Fsp3) is 0.333. The molecule has 1 aromatic carbocycles. The molecule has 1 aliphatic carbocycles. The molecule has 0 atom stereocenters. The first-order valence-corrected chi connectivity index (χ1v) is 7.05. The van der Waals surface area contributed by atoms with Crippen LogP contribution in [0.15, 0.2) is 23.1 Å². The van der Waals surface area contributed by atoms with Crippen LogP contribution in [0.2, 0.25) is 0 Å². The Labute approximate surface area is 124 Å². The van der Waals surface area contributed by atoms with Gasteiger partial charge in [0.1, 0.15) is 11.4 Å². The number of halogens is 2. The molecule has 0 aliphatic heterocycles. The lowest BCUT2D eigenvalue weighted by molar-refractivity contribution is 0.0524. The highest BCUT2D eigenvalue weighted by Crippen LogP contribution is 2.53. The molecule has 0 radical (unpaired) electrons.